The van der Waals surface area contributed by atoms with Gasteiger partial charge < -0.3 is 5.32 Å². The summed E-state index contributed by atoms with van der Waals surface area (Å²) in [5, 5.41) is 3.63. The molecular weight excluding hydrogens is 324 g/mol. The van der Waals surface area contributed by atoms with Crippen LogP contribution in [0.25, 0.3) is 0 Å². The van der Waals surface area contributed by atoms with Crippen LogP contribution in [-0.4, -0.2) is 22.8 Å². The molecule has 0 radical (unpaired) electrons. The number of thioether (sulfide) groups is 1. The van der Waals surface area contributed by atoms with Gasteiger partial charge in [-0.3, -0.25) is 9.69 Å². The number of hydrogen-bond donors (Lipinski definition) is 1. The van der Waals surface area contributed by atoms with Crippen molar-refractivity contribution in [2.75, 3.05) is 10.7 Å². The largest absolute Gasteiger partial charge is 0.349 e. The first-order valence-corrected chi connectivity index (χ1v) is 9.04. The Labute approximate surface area is 146 Å². The Hall–Kier alpha value is -1.85. The SMILES string of the molecule is Cc1ccc(N2C(=O)C(CSCc3ccccc3)NC2=S)cc1. The minimum atomic E-state index is -0.252. The normalized spacial score (nSPS) is 17.4. The van der Waals surface area contributed by atoms with Crippen molar-refractivity contribution >= 4 is 40.7 Å². The number of benzene rings is 2. The molecule has 0 aromatic heterocycles. The van der Waals surface area contributed by atoms with Gasteiger partial charge in [-0.2, -0.15) is 11.8 Å². The van der Waals surface area contributed by atoms with Crippen LogP contribution in [0.2, 0.25) is 0 Å². The number of hydrogen-bond acceptors (Lipinski definition) is 3. The van der Waals surface area contributed by atoms with Gasteiger partial charge in [-0.25, -0.2) is 0 Å². The van der Waals surface area contributed by atoms with Crippen molar-refractivity contribution in [3.05, 3.63) is 65.7 Å². The predicted molar refractivity (Wildman–Crippen MR) is 101 cm³/mol. The van der Waals surface area contributed by atoms with E-state index in [9.17, 15) is 4.79 Å². The molecule has 1 unspecified atom stereocenters. The van der Waals surface area contributed by atoms with Crippen LogP contribution in [0.15, 0.2) is 54.6 Å². The molecule has 1 heterocycles. The Balaban J connectivity index is 1.61. The maximum absolute atomic E-state index is 12.6. The Morgan fingerprint density at radius 3 is 2.52 bits per heavy atom. The summed E-state index contributed by atoms with van der Waals surface area (Å²) in [4.78, 5) is 14.2. The summed E-state index contributed by atoms with van der Waals surface area (Å²) in [6, 6.07) is 17.9. The number of thiocarbonyl (C=S) groups is 1. The van der Waals surface area contributed by atoms with Gasteiger partial charge in [0.15, 0.2) is 5.11 Å². The highest BCUT2D eigenvalue weighted by atomic mass is 32.2. The average Bonchev–Trinajstić information content (AvgIpc) is 2.84. The minimum Gasteiger partial charge on any atom is -0.349 e. The van der Waals surface area contributed by atoms with Crippen LogP contribution in [0, 0.1) is 6.92 Å². The molecule has 1 saturated heterocycles. The second-order valence-electron chi connectivity index (χ2n) is 5.51. The Morgan fingerprint density at radius 1 is 1.13 bits per heavy atom. The fraction of sp³-hybridized carbons (Fsp3) is 0.222. The van der Waals surface area contributed by atoms with Crippen LogP contribution in [0.1, 0.15) is 11.1 Å². The van der Waals surface area contributed by atoms with Crippen molar-refractivity contribution in [2.45, 2.75) is 18.7 Å². The monoisotopic (exact) mass is 342 g/mol. The first-order valence-electron chi connectivity index (χ1n) is 7.48. The quantitative estimate of drug-likeness (QED) is 0.843. The minimum absolute atomic E-state index is 0.0272. The fourth-order valence-corrected chi connectivity index (χ4v) is 3.80. The number of nitrogens with zero attached hydrogens (tertiary/aromatic N) is 1. The highest BCUT2D eigenvalue weighted by Gasteiger charge is 2.36. The summed E-state index contributed by atoms with van der Waals surface area (Å²) in [6.07, 6.45) is 0. The smallest absolute Gasteiger partial charge is 0.256 e. The van der Waals surface area contributed by atoms with Crippen LogP contribution in [0.3, 0.4) is 0 Å². The number of aryl methyl sites for hydroxylation is 1. The number of carbonyl (C=O) groups excluding carboxylic acids is 1. The zero-order valence-corrected chi connectivity index (χ0v) is 14.5. The van der Waals surface area contributed by atoms with Gasteiger partial charge >= 0.3 is 0 Å². The summed E-state index contributed by atoms with van der Waals surface area (Å²) in [7, 11) is 0. The molecule has 2 aromatic carbocycles. The first-order chi connectivity index (χ1) is 11.1. The molecule has 0 bridgehead atoms. The van der Waals surface area contributed by atoms with Crippen molar-refractivity contribution in [3.63, 3.8) is 0 Å². The fourth-order valence-electron chi connectivity index (χ4n) is 2.45. The molecule has 0 aliphatic carbocycles. The summed E-state index contributed by atoms with van der Waals surface area (Å²) in [5.41, 5.74) is 3.25. The third-order valence-corrected chi connectivity index (χ3v) is 5.11. The van der Waals surface area contributed by atoms with Gasteiger partial charge in [0.1, 0.15) is 6.04 Å². The lowest BCUT2D eigenvalue weighted by atomic mass is 10.2. The van der Waals surface area contributed by atoms with Crippen LogP contribution >= 0.6 is 24.0 Å². The number of amides is 1. The molecule has 23 heavy (non-hydrogen) atoms. The number of anilines is 1. The predicted octanol–water partition coefficient (Wildman–Crippen LogP) is 3.52. The summed E-state index contributed by atoms with van der Waals surface area (Å²) < 4.78 is 0. The second kappa shape index (κ2) is 7.15. The molecule has 5 heteroatoms. The van der Waals surface area contributed by atoms with E-state index < -0.39 is 0 Å². The summed E-state index contributed by atoms with van der Waals surface area (Å²) in [5.74, 6) is 1.62. The molecule has 2 aromatic rings. The maximum atomic E-state index is 12.6. The molecule has 1 atom stereocenters. The van der Waals surface area contributed by atoms with E-state index in [1.54, 1.807) is 16.7 Å². The average molecular weight is 342 g/mol. The zero-order chi connectivity index (χ0) is 16.2. The molecule has 0 saturated carbocycles. The van der Waals surface area contributed by atoms with E-state index in [0.717, 1.165) is 17.0 Å². The van der Waals surface area contributed by atoms with E-state index in [-0.39, 0.29) is 11.9 Å². The van der Waals surface area contributed by atoms with Crippen LogP contribution in [0.4, 0.5) is 5.69 Å². The molecule has 1 fully saturated rings. The first kappa shape index (κ1) is 16.0. The van der Waals surface area contributed by atoms with Gasteiger partial charge in [0.25, 0.3) is 5.91 Å². The molecule has 1 aliphatic rings. The third-order valence-electron chi connectivity index (χ3n) is 3.71. The van der Waals surface area contributed by atoms with E-state index in [0.29, 0.717) is 10.9 Å². The van der Waals surface area contributed by atoms with Crippen LogP contribution < -0.4 is 10.2 Å². The molecule has 3 rings (SSSR count). The van der Waals surface area contributed by atoms with Gasteiger partial charge in [0, 0.05) is 11.5 Å². The summed E-state index contributed by atoms with van der Waals surface area (Å²) in [6.45, 7) is 2.02. The van der Waals surface area contributed by atoms with E-state index >= 15 is 0 Å². The molecule has 1 N–H and O–H groups in total. The number of rotatable bonds is 5. The van der Waals surface area contributed by atoms with Crippen molar-refractivity contribution in [1.29, 1.82) is 0 Å². The van der Waals surface area contributed by atoms with Gasteiger partial charge in [0.05, 0.1) is 5.69 Å². The van der Waals surface area contributed by atoms with E-state index in [1.807, 2.05) is 49.4 Å². The van der Waals surface area contributed by atoms with Gasteiger partial charge in [0.2, 0.25) is 0 Å². The van der Waals surface area contributed by atoms with Crippen molar-refractivity contribution in [1.82, 2.24) is 5.32 Å². The number of nitrogens with one attached hydrogen (secondary N) is 1. The highest BCUT2D eigenvalue weighted by Crippen LogP contribution is 2.22. The lowest BCUT2D eigenvalue weighted by Gasteiger charge is -2.15. The Kier molecular flexibility index (Phi) is 4.98. The summed E-state index contributed by atoms with van der Waals surface area (Å²) >= 11 is 7.08. The van der Waals surface area contributed by atoms with Crippen LogP contribution in [-0.2, 0) is 10.5 Å². The van der Waals surface area contributed by atoms with Crippen molar-refractivity contribution in [3.8, 4) is 0 Å². The Bertz CT molecular complexity index is 701. The topological polar surface area (TPSA) is 32.3 Å². The molecule has 1 amide bonds. The van der Waals surface area contributed by atoms with Crippen LogP contribution in [0.5, 0.6) is 0 Å². The molecule has 118 valence electrons. The number of carbonyl (C=O) groups is 1. The maximum Gasteiger partial charge on any atom is 0.256 e. The van der Waals surface area contributed by atoms with E-state index in [4.69, 9.17) is 12.2 Å². The lowest BCUT2D eigenvalue weighted by molar-refractivity contribution is -0.117. The van der Waals surface area contributed by atoms with Gasteiger partial charge in [-0.1, -0.05) is 48.0 Å². The molecule has 1 aliphatic heterocycles. The van der Waals surface area contributed by atoms with E-state index in [2.05, 4.69) is 17.4 Å². The lowest BCUT2D eigenvalue weighted by Crippen LogP contribution is -2.32. The second-order valence-corrected chi connectivity index (χ2v) is 6.93. The molecule has 0 spiro atoms. The van der Waals surface area contributed by atoms with Crippen molar-refractivity contribution in [2.24, 2.45) is 0 Å². The molecular formula is C18H18N2OS2. The molecule has 3 nitrogen and oxygen atoms in total. The Morgan fingerprint density at radius 2 is 1.83 bits per heavy atom. The van der Waals surface area contributed by atoms with E-state index in [1.165, 1.54) is 5.56 Å². The van der Waals surface area contributed by atoms with Gasteiger partial charge in [-0.05, 0) is 36.8 Å². The van der Waals surface area contributed by atoms with Gasteiger partial charge in [-0.15, -0.1) is 0 Å². The zero-order valence-electron chi connectivity index (χ0n) is 12.9. The van der Waals surface area contributed by atoms with Crippen molar-refractivity contribution < 1.29 is 4.79 Å². The standard InChI is InChI=1S/C18H18N2OS2/c1-13-7-9-15(10-8-13)20-17(21)16(19-18(20)22)12-23-11-14-5-3-2-4-6-14/h2-10,16H,11-12H2,1H3,(H,19,22). The third kappa shape index (κ3) is 3.74. The highest BCUT2D eigenvalue weighted by molar-refractivity contribution is 7.98.